The second-order valence-corrected chi connectivity index (χ2v) is 6.56. The lowest BCUT2D eigenvalue weighted by atomic mass is 10.1. The molecule has 3 rings (SSSR count). The van der Waals surface area contributed by atoms with Gasteiger partial charge < -0.3 is 14.0 Å². The van der Waals surface area contributed by atoms with Crippen LogP contribution in [0, 0.1) is 0 Å². The monoisotopic (exact) mass is 412 g/mol. The number of carbonyl (C=O) groups excluding carboxylic acids is 1. The van der Waals surface area contributed by atoms with E-state index in [9.17, 15) is 14.4 Å². The summed E-state index contributed by atoms with van der Waals surface area (Å²) in [5, 5.41) is 0. The molecule has 0 aliphatic carbocycles. The predicted molar refractivity (Wildman–Crippen MR) is 114 cm³/mol. The van der Waals surface area contributed by atoms with Gasteiger partial charge in [-0.1, -0.05) is 6.07 Å². The molecule has 158 valence electrons. The van der Waals surface area contributed by atoms with Crippen molar-refractivity contribution in [2.75, 3.05) is 14.2 Å². The number of carbonyl (C=O) groups is 1. The van der Waals surface area contributed by atoms with Crippen LogP contribution in [-0.4, -0.2) is 38.9 Å². The molecular formula is C21H24N4O5. The van der Waals surface area contributed by atoms with E-state index in [-0.39, 0.29) is 17.8 Å². The summed E-state index contributed by atoms with van der Waals surface area (Å²) in [6, 6.07) is 4.96. The summed E-state index contributed by atoms with van der Waals surface area (Å²) < 4.78 is 14.5. The quantitative estimate of drug-likeness (QED) is 0.574. The standard InChI is InChI=1S/C21H24N4O5/c1-6-24-18-17(19(26)25(7-2)21(24)28)23(3)16(22-18)11-10-13-8-9-14(20(27)30-5)12-15(13)29-4/h8-12H,6-7H2,1-5H3/b11-10+. The second kappa shape index (κ2) is 8.40. The van der Waals surface area contributed by atoms with Gasteiger partial charge in [-0.15, -0.1) is 0 Å². The molecule has 2 heterocycles. The third kappa shape index (κ3) is 3.42. The maximum absolute atomic E-state index is 12.8. The van der Waals surface area contributed by atoms with Gasteiger partial charge in [0.05, 0.1) is 19.8 Å². The number of methoxy groups -OCH3 is 2. The van der Waals surface area contributed by atoms with Crippen molar-refractivity contribution >= 4 is 29.3 Å². The Labute approximate surface area is 172 Å². The van der Waals surface area contributed by atoms with E-state index in [0.29, 0.717) is 34.8 Å². The zero-order valence-corrected chi connectivity index (χ0v) is 17.6. The van der Waals surface area contributed by atoms with Crippen LogP contribution in [0.3, 0.4) is 0 Å². The maximum Gasteiger partial charge on any atom is 0.337 e. The summed E-state index contributed by atoms with van der Waals surface area (Å²) in [5.41, 5.74) is 1.08. The summed E-state index contributed by atoms with van der Waals surface area (Å²) in [4.78, 5) is 41.6. The highest BCUT2D eigenvalue weighted by molar-refractivity contribution is 5.90. The number of benzene rings is 1. The van der Waals surface area contributed by atoms with Gasteiger partial charge in [0, 0.05) is 25.7 Å². The third-order valence-electron chi connectivity index (χ3n) is 4.98. The van der Waals surface area contributed by atoms with E-state index in [1.165, 1.54) is 23.4 Å². The van der Waals surface area contributed by atoms with Crippen LogP contribution in [0.1, 0.15) is 35.6 Å². The maximum atomic E-state index is 12.8. The number of aryl methyl sites for hydroxylation is 2. The van der Waals surface area contributed by atoms with E-state index in [1.54, 1.807) is 48.9 Å². The lowest BCUT2D eigenvalue weighted by molar-refractivity contribution is 0.0600. The third-order valence-corrected chi connectivity index (χ3v) is 4.98. The predicted octanol–water partition coefficient (Wildman–Crippen LogP) is 1.90. The van der Waals surface area contributed by atoms with E-state index in [4.69, 9.17) is 9.47 Å². The highest BCUT2D eigenvalue weighted by Gasteiger charge is 2.18. The molecule has 1 aromatic carbocycles. The molecule has 0 N–H and O–H groups in total. The summed E-state index contributed by atoms with van der Waals surface area (Å²) in [5.74, 6) is 0.548. The number of hydrogen-bond acceptors (Lipinski definition) is 6. The van der Waals surface area contributed by atoms with Gasteiger partial charge in [0.15, 0.2) is 11.2 Å². The molecule has 0 fully saturated rings. The Hall–Kier alpha value is -3.62. The van der Waals surface area contributed by atoms with Gasteiger partial charge in [0.25, 0.3) is 5.56 Å². The van der Waals surface area contributed by atoms with Gasteiger partial charge in [-0.2, -0.15) is 0 Å². The Balaban J connectivity index is 2.13. The minimum Gasteiger partial charge on any atom is -0.496 e. The van der Waals surface area contributed by atoms with Crippen molar-refractivity contribution in [3.8, 4) is 5.75 Å². The van der Waals surface area contributed by atoms with Crippen molar-refractivity contribution in [1.82, 2.24) is 18.7 Å². The molecule has 3 aromatic rings. The molecule has 0 saturated heterocycles. The second-order valence-electron chi connectivity index (χ2n) is 6.56. The van der Waals surface area contributed by atoms with Crippen molar-refractivity contribution in [3.63, 3.8) is 0 Å². The summed E-state index contributed by atoms with van der Waals surface area (Å²) in [6.07, 6.45) is 3.50. The molecule has 0 atom stereocenters. The van der Waals surface area contributed by atoms with Gasteiger partial charge in [-0.25, -0.2) is 14.6 Å². The van der Waals surface area contributed by atoms with Crippen LogP contribution in [0.25, 0.3) is 23.3 Å². The van der Waals surface area contributed by atoms with Gasteiger partial charge in [0.2, 0.25) is 0 Å². The van der Waals surface area contributed by atoms with Crippen LogP contribution in [0.5, 0.6) is 5.75 Å². The fourth-order valence-corrected chi connectivity index (χ4v) is 3.35. The Bertz CT molecular complexity index is 1260. The summed E-state index contributed by atoms with van der Waals surface area (Å²) in [6.45, 7) is 4.28. The molecule has 0 aliphatic rings. The van der Waals surface area contributed by atoms with Crippen LogP contribution >= 0.6 is 0 Å². The number of aromatic nitrogens is 4. The Morgan fingerprint density at radius 1 is 1.10 bits per heavy atom. The van der Waals surface area contributed by atoms with Crippen molar-refractivity contribution in [2.45, 2.75) is 26.9 Å². The average Bonchev–Trinajstić information content (AvgIpc) is 3.08. The van der Waals surface area contributed by atoms with Crippen LogP contribution in [0.15, 0.2) is 27.8 Å². The minimum atomic E-state index is -0.455. The first kappa shape index (κ1) is 21.1. The first-order valence-electron chi connectivity index (χ1n) is 9.52. The number of rotatable bonds is 6. The van der Waals surface area contributed by atoms with Gasteiger partial charge >= 0.3 is 11.7 Å². The van der Waals surface area contributed by atoms with E-state index in [2.05, 4.69) is 4.98 Å². The molecule has 9 nitrogen and oxygen atoms in total. The lowest BCUT2D eigenvalue weighted by Gasteiger charge is -2.08. The molecule has 0 radical (unpaired) electrons. The Morgan fingerprint density at radius 3 is 2.40 bits per heavy atom. The highest BCUT2D eigenvalue weighted by atomic mass is 16.5. The van der Waals surface area contributed by atoms with E-state index >= 15 is 0 Å². The number of ether oxygens (including phenoxy) is 2. The fourth-order valence-electron chi connectivity index (χ4n) is 3.35. The van der Waals surface area contributed by atoms with Crippen molar-refractivity contribution in [1.29, 1.82) is 0 Å². The molecular weight excluding hydrogens is 388 g/mol. The Kier molecular flexibility index (Phi) is 5.91. The number of fused-ring (bicyclic) bond motifs is 1. The van der Waals surface area contributed by atoms with Crippen LogP contribution in [0.2, 0.25) is 0 Å². The first-order valence-corrected chi connectivity index (χ1v) is 9.52. The van der Waals surface area contributed by atoms with E-state index < -0.39 is 5.97 Å². The summed E-state index contributed by atoms with van der Waals surface area (Å²) in [7, 11) is 4.56. The smallest absolute Gasteiger partial charge is 0.337 e. The van der Waals surface area contributed by atoms with E-state index in [1.807, 2.05) is 6.92 Å². The van der Waals surface area contributed by atoms with Crippen molar-refractivity contribution in [2.24, 2.45) is 7.05 Å². The minimum absolute atomic E-state index is 0.285. The van der Waals surface area contributed by atoms with Crippen LogP contribution in [-0.2, 0) is 24.9 Å². The topological polar surface area (TPSA) is 97.3 Å². The Morgan fingerprint density at radius 2 is 1.80 bits per heavy atom. The summed E-state index contributed by atoms with van der Waals surface area (Å²) >= 11 is 0. The van der Waals surface area contributed by atoms with Gasteiger partial charge in [0.1, 0.15) is 11.6 Å². The number of imidazole rings is 1. The molecule has 0 spiro atoms. The number of esters is 1. The molecule has 9 heteroatoms. The first-order chi connectivity index (χ1) is 14.4. The van der Waals surface area contributed by atoms with Gasteiger partial charge in [-0.05, 0) is 38.1 Å². The average molecular weight is 412 g/mol. The largest absolute Gasteiger partial charge is 0.496 e. The van der Waals surface area contributed by atoms with E-state index in [0.717, 1.165) is 5.56 Å². The highest BCUT2D eigenvalue weighted by Crippen LogP contribution is 2.23. The lowest BCUT2D eigenvalue weighted by Crippen LogP contribution is -2.39. The number of nitrogens with zero attached hydrogens (tertiary/aromatic N) is 4. The molecule has 0 saturated carbocycles. The zero-order chi connectivity index (χ0) is 22.0. The van der Waals surface area contributed by atoms with Gasteiger partial charge in [-0.3, -0.25) is 13.9 Å². The van der Waals surface area contributed by atoms with Crippen molar-refractivity contribution in [3.05, 3.63) is 56.0 Å². The van der Waals surface area contributed by atoms with Crippen LogP contribution < -0.4 is 16.0 Å². The van der Waals surface area contributed by atoms with Crippen LogP contribution in [0.4, 0.5) is 0 Å². The molecule has 0 amide bonds. The molecule has 0 bridgehead atoms. The SMILES string of the molecule is CCn1c(=O)c2c(nc(/C=C/c3ccc(C(=O)OC)cc3OC)n2C)n(CC)c1=O. The normalized spacial score (nSPS) is 11.4. The molecule has 0 unspecified atom stereocenters. The van der Waals surface area contributed by atoms with Crippen molar-refractivity contribution < 1.29 is 14.3 Å². The number of hydrogen-bond donors (Lipinski definition) is 0. The molecule has 0 aliphatic heterocycles. The molecule has 30 heavy (non-hydrogen) atoms. The fraction of sp³-hybridized carbons (Fsp3) is 0.333. The zero-order valence-electron chi connectivity index (χ0n) is 17.6. The molecule has 2 aromatic heterocycles.